The number of hydrogen-bond acceptors (Lipinski definition) is 2. The fraction of sp³-hybridized carbons (Fsp3) is 0.458. The molecule has 0 spiro atoms. The van der Waals surface area contributed by atoms with Gasteiger partial charge in [-0.2, -0.15) is 0 Å². The van der Waals surface area contributed by atoms with Crippen LogP contribution in [0.5, 0.6) is 5.75 Å². The van der Waals surface area contributed by atoms with Crippen LogP contribution in [0.2, 0.25) is 0 Å². The van der Waals surface area contributed by atoms with Gasteiger partial charge in [0.25, 0.3) is 0 Å². The summed E-state index contributed by atoms with van der Waals surface area (Å²) in [5.41, 5.74) is 3.46. The predicted molar refractivity (Wildman–Crippen MR) is 122 cm³/mol. The first-order chi connectivity index (χ1) is 12.7. The second-order valence-electron chi connectivity index (χ2n) is 8.02. The van der Waals surface area contributed by atoms with Gasteiger partial charge in [-0.15, -0.1) is 0 Å². The van der Waals surface area contributed by atoms with Gasteiger partial charge in [0.15, 0.2) is 0 Å². The van der Waals surface area contributed by atoms with E-state index in [-0.39, 0.29) is 5.78 Å². The summed E-state index contributed by atoms with van der Waals surface area (Å²) in [7, 11) is 0. The zero-order valence-corrected chi connectivity index (χ0v) is 19.3. The van der Waals surface area contributed by atoms with Gasteiger partial charge < -0.3 is 4.74 Å². The Morgan fingerprint density at radius 2 is 1.81 bits per heavy atom. The molecule has 0 amide bonds. The molecule has 3 heteroatoms. The van der Waals surface area contributed by atoms with E-state index in [1.54, 1.807) is 6.92 Å². The van der Waals surface area contributed by atoms with E-state index in [0.29, 0.717) is 12.5 Å². The molecule has 2 aromatic carbocycles. The maximum atomic E-state index is 11.7. The zero-order chi connectivity index (χ0) is 20.0. The molecule has 2 aromatic rings. The van der Waals surface area contributed by atoms with Crippen LogP contribution < -0.4 is 4.74 Å². The molecule has 1 unspecified atom stereocenters. The van der Waals surface area contributed by atoms with Crippen LogP contribution >= 0.6 is 22.6 Å². The van der Waals surface area contributed by atoms with Gasteiger partial charge in [0.05, 0.1) is 5.41 Å². The van der Waals surface area contributed by atoms with Crippen LogP contribution in [0.25, 0.3) is 0 Å². The van der Waals surface area contributed by atoms with E-state index in [4.69, 9.17) is 4.74 Å². The summed E-state index contributed by atoms with van der Waals surface area (Å²) >= 11 is 2.35. The van der Waals surface area contributed by atoms with Crippen LogP contribution in [0.1, 0.15) is 63.1 Å². The standard InChI is InChI=1S/C24H31IO2/c1-6-20(21-10-12-22(25)13-11-21)9-7-19-8-14-23(17(2)15-19)27-16-24(4,5)18(3)26/h8,10-15,20H,6-7,9,16H2,1-5H3. The Morgan fingerprint density at radius 1 is 1.15 bits per heavy atom. The Balaban J connectivity index is 1.98. The van der Waals surface area contributed by atoms with E-state index in [1.165, 1.54) is 14.7 Å². The summed E-state index contributed by atoms with van der Waals surface area (Å²) in [5.74, 6) is 1.62. The molecule has 0 fully saturated rings. The number of hydrogen-bond donors (Lipinski definition) is 0. The molecule has 0 saturated heterocycles. The molecule has 0 saturated carbocycles. The number of benzene rings is 2. The second-order valence-corrected chi connectivity index (χ2v) is 9.27. The molecule has 146 valence electrons. The number of Topliss-reactive ketones (excluding diaryl/α,β-unsaturated/α-hetero) is 1. The highest BCUT2D eigenvalue weighted by atomic mass is 127. The molecular formula is C24H31IO2. The van der Waals surface area contributed by atoms with Gasteiger partial charge in [0.1, 0.15) is 18.1 Å². The van der Waals surface area contributed by atoms with Gasteiger partial charge in [-0.05, 0) is 110 Å². The summed E-state index contributed by atoms with van der Waals surface area (Å²) in [6.45, 7) is 10.2. The molecule has 1 atom stereocenters. The smallest absolute Gasteiger partial charge is 0.138 e. The number of carbonyl (C=O) groups is 1. The van der Waals surface area contributed by atoms with Crippen molar-refractivity contribution in [3.63, 3.8) is 0 Å². The molecule has 2 nitrogen and oxygen atoms in total. The third-order valence-corrected chi connectivity index (χ3v) is 6.12. The monoisotopic (exact) mass is 478 g/mol. The highest BCUT2D eigenvalue weighted by Crippen LogP contribution is 2.28. The number of aryl methyl sites for hydroxylation is 2. The summed E-state index contributed by atoms with van der Waals surface area (Å²) in [4.78, 5) is 11.7. The van der Waals surface area contributed by atoms with Crippen molar-refractivity contribution in [1.29, 1.82) is 0 Å². The fourth-order valence-corrected chi connectivity index (χ4v) is 3.43. The van der Waals surface area contributed by atoms with Crippen LogP contribution in [-0.2, 0) is 11.2 Å². The number of ketones is 1. The van der Waals surface area contributed by atoms with Crippen molar-refractivity contribution in [2.45, 2.75) is 59.8 Å². The minimum Gasteiger partial charge on any atom is -0.492 e. The van der Waals surface area contributed by atoms with Crippen molar-refractivity contribution in [2.24, 2.45) is 5.41 Å². The quantitative estimate of drug-likeness (QED) is 0.374. The molecule has 0 bridgehead atoms. The van der Waals surface area contributed by atoms with Crippen molar-refractivity contribution in [3.05, 3.63) is 62.7 Å². The molecular weight excluding hydrogens is 447 g/mol. The normalized spacial score (nSPS) is 12.7. The molecule has 0 aliphatic carbocycles. The molecule has 0 aliphatic heterocycles. The largest absolute Gasteiger partial charge is 0.492 e. The van der Waals surface area contributed by atoms with Crippen molar-refractivity contribution >= 4 is 28.4 Å². The van der Waals surface area contributed by atoms with Crippen molar-refractivity contribution < 1.29 is 9.53 Å². The lowest BCUT2D eigenvalue weighted by Crippen LogP contribution is -2.29. The summed E-state index contributed by atoms with van der Waals surface area (Å²) in [5, 5.41) is 0. The highest BCUT2D eigenvalue weighted by molar-refractivity contribution is 14.1. The average molecular weight is 478 g/mol. The van der Waals surface area contributed by atoms with Gasteiger partial charge in [0.2, 0.25) is 0 Å². The molecule has 27 heavy (non-hydrogen) atoms. The van der Waals surface area contributed by atoms with Crippen LogP contribution in [0, 0.1) is 15.9 Å². The number of halogens is 1. The fourth-order valence-electron chi connectivity index (χ4n) is 3.07. The SMILES string of the molecule is CCC(CCc1ccc(OCC(C)(C)C(C)=O)c(C)c1)c1ccc(I)cc1. The maximum Gasteiger partial charge on any atom is 0.138 e. The molecule has 0 aromatic heterocycles. The third kappa shape index (κ3) is 6.34. The highest BCUT2D eigenvalue weighted by Gasteiger charge is 2.24. The molecule has 0 N–H and O–H groups in total. The lowest BCUT2D eigenvalue weighted by Gasteiger charge is -2.22. The lowest BCUT2D eigenvalue weighted by molar-refractivity contribution is -0.126. The Labute approximate surface area is 177 Å². The van der Waals surface area contributed by atoms with E-state index >= 15 is 0 Å². The summed E-state index contributed by atoms with van der Waals surface area (Å²) in [6.07, 6.45) is 3.36. The Hall–Kier alpha value is -1.36. The number of ether oxygens (including phenoxy) is 1. The Morgan fingerprint density at radius 3 is 2.37 bits per heavy atom. The third-order valence-electron chi connectivity index (χ3n) is 5.40. The van der Waals surface area contributed by atoms with Crippen LogP contribution in [0.4, 0.5) is 0 Å². The first-order valence-electron chi connectivity index (χ1n) is 9.71. The Bertz CT molecular complexity index is 762. The number of carbonyl (C=O) groups excluding carboxylic acids is 1. The lowest BCUT2D eigenvalue weighted by atomic mass is 9.90. The summed E-state index contributed by atoms with van der Waals surface area (Å²) in [6, 6.07) is 15.3. The minimum absolute atomic E-state index is 0.151. The van der Waals surface area contributed by atoms with Gasteiger partial charge in [-0.1, -0.05) is 31.2 Å². The van der Waals surface area contributed by atoms with Gasteiger partial charge in [-0.3, -0.25) is 4.79 Å². The minimum atomic E-state index is -0.451. The van der Waals surface area contributed by atoms with Gasteiger partial charge >= 0.3 is 0 Å². The predicted octanol–water partition coefficient (Wildman–Crippen LogP) is 6.72. The van der Waals surface area contributed by atoms with E-state index in [2.05, 4.69) is 72.8 Å². The molecule has 0 heterocycles. The zero-order valence-electron chi connectivity index (χ0n) is 17.1. The van der Waals surface area contributed by atoms with E-state index < -0.39 is 5.41 Å². The van der Waals surface area contributed by atoms with Gasteiger partial charge in [0, 0.05) is 3.57 Å². The van der Waals surface area contributed by atoms with Crippen LogP contribution in [0.3, 0.4) is 0 Å². The second kappa shape index (κ2) is 9.72. The maximum absolute atomic E-state index is 11.7. The molecule has 2 rings (SSSR count). The van der Waals surface area contributed by atoms with Gasteiger partial charge in [-0.25, -0.2) is 0 Å². The van der Waals surface area contributed by atoms with Crippen molar-refractivity contribution in [1.82, 2.24) is 0 Å². The average Bonchev–Trinajstić information content (AvgIpc) is 2.62. The first-order valence-corrected chi connectivity index (χ1v) is 10.8. The van der Waals surface area contributed by atoms with Crippen molar-refractivity contribution in [2.75, 3.05) is 6.61 Å². The molecule has 0 radical (unpaired) electrons. The van der Waals surface area contributed by atoms with Crippen LogP contribution in [-0.4, -0.2) is 12.4 Å². The molecule has 0 aliphatic rings. The van der Waals surface area contributed by atoms with E-state index in [1.807, 2.05) is 19.9 Å². The van der Waals surface area contributed by atoms with Crippen molar-refractivity contribution in [3.8, 4) is 5.75 Å². The van der Waals surface area contributed by atoms with E-state index in [9.17, 15) is 4.79 Å². The van der Waals surface area contributed by atoms with Crippen LogP contribution in [0.15, 0.2) is 42.5 Å². The topological polar surface area (TPSA) is 26.3 Å². The summed E-state index contributed by atoms with van der Waals surface area (Å²) < 4.78 is 7.21. The Kier molecular flexibility index (Phi) is 7.90. The van der Waals surface area contributed by atoms with E-state index in [0.717, 1.165) is 30.6 Å². The first kappa shape index (κ1) is 21.9. The number of rotatable bonds is 9.